The molecule has 0 heterocycles. The van der Waals surface area contributed by atoms with Gasteiger partial charge in [0.05, 0.1) is 5.56 Å². The number of hydrogen-bond acceptors (Lipinski definition) is 2. The predicted molar refractivity (Wildman–Crippen MR) is 73.9 cm³/mol. The standard InChI is InChI=1S/C15H22F3NO/c1-5-12(10-19-14(2,3)4)20-13-8-6-11(7-9-13)15(16,17)18/h6-9,12,19H,5,10H2,1-4H3. The molecule has 1 atom stereocenters. The molecule has 0 bridgehead atoms. The van der Waals surface area contributed by atoms with Gasteiger partial charge in [0.1, 0.15) is 11.9 Å². The van der Waals surface area contributed by atoms with Gasteiger partial charge in [0.25, 0.3) is 0 Å². The maximum atomic E-state index is 12.4. The zero-order valence-corrected chi connectivity index (χ0v) is 12.3. The van der Waals surface area contributed by atoms with Crippen LogP contribution in [0.4, 0.5) is 13.2 Å². The normalized spacial score (nSPS) is 14.2. The fourth-order valence-corrected chi connectivity index (χ4v) is 1.60. The fourth-order valence-electron chi connectivity index (χ4n) is 1.60. The molecule has 114 valence electrons. The van der Waals surface area contributed by atoms with Crippen molar-refractivity contribution in [3.63, 3.8) is 0 Å². The molecule has 0 aromatic heterocycles. The van der Waals surface area contributed by atoms with Crippen molar-refractivity contribution in [3.05, 3.63) is 29.8 Å². The van der Waals surface area contributed by atoms with E-state index in [1.807, 2.05) is 6.92 Å². The molecule has 2 nitrogen and oxygen atoms in total. The average molecular weight is 289 g/mol. The van der Waals surface area contributed by atoms with E-state index in [-0.39, 0.29) is 11.6 Å². The lowest BCUT2D eigenvalue weighted by Crippen LogP contribution is -2.42. The highest BCUT2D eigenvalue weighted by molar-refractivity contribution is 5.29. The Morgan fingerprint density at radius 3 is 2.05 bits per heavy atom. The maximum absolute atomic E-state index is 12.4. The molecular weight excluding hydrogens is 267 g/mol. The number of hydrogen-bond donors (Lipinski definition) is 1. The highest BCUT2D eigenvalue weighted by Gasteiger charge is 2.30. The molecule has 0 aliphatic heterocycles. The van der Waals surface area contributed by atoms with Crippen LogP contribution in [-0.2, 0) is 6.18 Å². The average Bonchev–Trinajstić information content (AvgIpc) is 2.33. The van der Waals surface area contributed by atoms with E-state index in [9.17, 15) is 13.2 Å². The van der Waals surface area contributed by atoms with Crippen LogP contribution in [0.15, 0.2) is 24.3 Å². The zero-order chi connectivity index (χ0) is 15.4. The molecule has 1 aromatic rings. The largest absolute Gasteiger partial charge is 0.489 e. The van der Waals surface area contributed by atoms with E-state index >= 15 is 0 Å². The van der Waals surface area contributed by atoms with Crippen LogP contribution in [0, 0.1) is 0 Å². The molecule has 1 unspecified atom stereocenters. The first-order valence-corrected chi connectivity index (χ1v) is 6.71. The number of halogens is 3. The van der Waals surface area contributed by atoms with Gasteiger partial charge in [0, 0.05) is 12.1 Å². The molecule has 0 amide bonds. The second kappa shape index (κ2) is 6.48. The van der Waals surface area contributed by atoms with Crippen LogP contribution in [0.5, 0.6) is 5.75 Å². The summed E-state index contributed by atoms with van der Waals surface area (Å²) in [5, 5.41) is 3.32. The molecule has 0 saturated heterocycles. The summed E-state index contributed by atoms with van der Waals surface area (Å²) in [6.45, 7) is 8.80. The molecule has 20 heavy (non-hydrogen) atoms. The lowest BCUT2D eigenvalue weighted by molar-refractivity contribution is -0.137. The van der Waals surface area contributed by atoms with Gasteiger partial charge in [-0.05, 0) is 51.5 Å². The van der Waals surface area contributed by atoms with Crippen LogP contribution in [0.25, 0.3) is 0 Å². The van der Waals surface area contributed by atoms with Crippen LogP contribution in [0.1, 0.15) is 39.7 Å². The lowest BCUT2D eigenvalue weighted by Gasteiger charge is -2.25. The Morgan fingerprint density at radius 1 is 1.10 bits per heavy atom. The molecule has 0 aliphatic carbocycles. The lowest BCUT2D eigenvalue weighted by atomic mass is 10.1. The number of nitrogens with one attached hydrogen (secondary N) is 1. The van der Waals surface area contributed by atoms with Crippen molar-refractivity contribution >= 4 is 0 Å². The maximum Gasteiger partial charge on any atom is 0.416 e. The summed E-state index contributed by atoms with van der Waals surface area (Å²) in [7, 11) is 0. The molecule has 1 aromatic carbocycles. The van der Waals surface area contributed by atoms with Gasteiger partial charge in [-0.3, -0.25) is 0 Å². The summed E-state index contributed by atoms with van der Waals surface area (Å²) in [4.78, 5) is 0. The zero-order valence-electron chi connectivity index (χ0n) is 12.3. The van der Waals surface area contributed by atoms with E-state index in [0.29, 0.717) is 12.3 Å². The SMILES string of the molecule is CCC(CNC(C)(C)C)Oc1ccc(C(F)(F)F)cc1. The van der Waals surface area contributed by atoms with E-state index in [1.54, 1.807) is 0 Å². The third-order valence-electron chi connectivity index (χ3n) is 2.80. The van der Waals surface area contributed by atoms with Crippen LogP contribution >= 0.6 is 0 Å². The molecule has 1 rings (SSSR count). The first kappa shape index (κ1) is 16.8. The Hall–Kier alpha value is -1.23. The Balaban J connectivity index is 2.62. The van der Waals surface area contributed by atoms with E-state index < -0.39 is 11.7 Å². The van der Waals surface area contributed by atoms with Crippen molar-refractivity contribution < 1.29 is 17.9 Å². The molecule has 0 saturated carbocycles. The second-order valence-corrected chi connectivity index (χ2v) is 5.80. The van der Waals surface area contributed by atoms with Crippen molar-refractivity contribution in [3.8, 4) is 5.75 Å². The molecule has 1 N–H and O–H groups in total. The van der Waals surface area contributed by atoms with E-state index in [1.165, 1.54) is 12.1 Å². The predicted octanol–water partition coefficient (Wildman–Crippen LogP) is 4.25. The summed E-state index contributed by atoms with van der Waals surface area (Å²) in [5.74, 6) is 0.459. The van der Waals surface area contributed by atoms with Gasteiger partial charge in [-0.25, -0.2) is 0 Å². The van der Waals surface area contributed by atoms with E-state index in [0.717, 1.165) is 18.6 Å². The molecular formula is C15H22F3NO. The summed E-state index contributed by atoms with van der Waals surface area (Å²) in [6, 6.07) is 4.81. The number of alkyl halides is 3. The molecule has 0 spiro atoms. The van der Waals surface area contributed by atoms with E-state index in [2.05, 4.69) is 26.1 Å². The number of rotatable bonds is 5. The Morgan fingerprint density at radius 2 is 1.65 bits per heavy atom. The van der Waals surface area contributed by atoms with Crippen LogP contribution in [0.3, 0.4) is 0 Å². The Kier molecular flexibility index (Phi) is 5.45. The van der Waals surface area contributed by atoms with Gasteiger partial charge in [-0.15, -0.1) is 0 Å². The number of ether oxygens (including phenoxy) is 1. The van der Waals surface area contributed by atoms with Crippen molar-refractivity contribution in [1.82, 2.24) is 5.32 Å². The molecule has 0 fully saturated rings. The fraction of sp³-hybridized carbons (Fsp3) is 0.600. The van der Waals surface area contributed by atoms with Gasteiger partial charge in [0.2, 0.25) is 0 Å². The third-order valence-corrected chi connectivity index (χ3v) is 2.80. The van der Waals surface area contributed by atoms with Crippen LogP contribution in [-0.4, -0.2) is 18.2 Å². The smallest absolute Gasteiger partial charge is 0.416 e. The summed E-state index contributed by atoms with van der Waals surface area (Å²) >= 11 is 0. The van der Waals surface area contributed by atoms with Gasteiger partial charge in [-0.2, -0.15) is 13.2 Å². The summed E-state index contributed by atoms with van der Waals surface area (Å²) < 4.78 is 43.0. The first-order chi connectivity index (χ1) is 9.12. The minimum atomic E-state index is -4.31. The Labute approximate surface area is 118 Å². The van der Waals surface area contributed by atoms with Crippen LogP contribution in [0.2, 0.25) is 0 Å². The topological polar surface area (TPSA) is 21.3 Å². The summed E-state index contributed by atoms with van der Waals surface area (Å²) in [5.41, 5.74) is -0.678. The minimum Gasteiger partial charge on any atom is -0.489 e. The molecule has 0 aliphatic rings. The van der Waals surface area contributed by atoms with Crippen molar-refractivity contribution in [1.29, 1.82) is 0 Å². The monoisotopic (exact) mass is 289 g/mol. The molecule has 0 radical (unpaired) electrons. The highest BCUT2D eigenvalue weighted by Crippen LogP contribution is 2.30. The molecule has 5 heteroatoms. The quantitative estimate of drug-likeness (QED) is 0.875. The highest BCUT2D eigenvalue weighted by atomic mass is 19.4. The van der Waals surface area contributed by atoms with Crippen molar-refractivity contribution in [2.24, 2.45) is 0 Å². The first-order valence-electron chi connectivity index (χ1n) is 6.71. The van der Waals surface area contributed by atoms with Gasteiger partial charge >= 0.3 is 6.18 Å². The van der Waals surface area contributed by atoms with Crippen LogP contribution < -0.4 is 10.1 Å². The van der Waals surface area contributed by atoms with Crippen molar-refractivity contribution in [2.45, 2.75) is 51.9 Å². The minimum absolute atomic E-state index is 0.0169. The van der Waals surface area contributed by atoms with Gasteiger partial charge in [-0.1, -0.05) is 6.92 Å². The third kappa shape index (κ3) is 5.82. The second-order valence-electron chi connectivity index (χ2n) is 5.80. The van der Waals surface area contributed by atoms with Crippen molar-refractivity contribution in [2.75, 3.05) is 6.54 Å². The van der Waals surface area contributed by atoms with E-state index in [4.69, 9.17) is 4.74 Å². The number of benzene rings is 1. The van der Waals surface area contributed by atoms with Gasteiger partial charge < -0.3 is 10.1 Å². The Bertz CT molecular complexity index is 407. The summed E-state index contributed by atoms with van der Waals surface area (Å²) in [6.07, 6.45) is -3.59. The van der Waals surface area contributed by atoms with Gasteiger partial charge in [0.15, 0.2) is 0 Å².